The molecule has 117 valence electrons. The van der Waals surface area contributed by atoms with E-state index >= 15 is 0 Å². The first-order valence-corrected chi connectivity index (χ1v) is 8.36. The zero-order valence-electron chi connectivity index (χ0n) is 13.1. The second-order valence-electron chi connectivity index (χ2n) is 5.44. The van der Waals surface area contributed by atoms with Gasteiger partial charge in [-0.15, -0.1) is 0 Å². The molecule has 0 unspecified atom stereocenters. The van der Waals surface area contributed by atoms with E-state index in [0.29, 0.717) is 0 Å². The largest absolute Gasteiger partial charge is 0.343 e. The second-order valence-corrected chi connectivity index (χ2v) is 5.44. The molecule has 0 aromatic carbocycles. The smallest absolute Gasteiger partial charge is 0 e. The van der Waals surface area contributed by atoms with Crippen molar-refractivity contribution in [1.29, 1.82) is 0 Å². The Kier molecular flexibility index (Phi) is 23.3. The van der Waals surface area contributed by atoms with Crippen molar-refractivity contribution in [2.24, 2.45) is 0 Å². The van der Waals surface area contributed by atoms with Crippen LogP contribution in [-0.2, 0) is 16.8 Å². The van der Waals surface area contributed by atoms with Crippen molar-refractivity contribution in [1.82, 2.24) is 0 Å². The molecule has 1 radical (unpaired) electrons. The van der Waals surface area contributed by atoms with Crippen LogP contribution in [0.1, 0.15) is 96.8 Å². The quantitative estimate of drug-likeness (QED) is 0.187. The first-order valence-electron chi connectivity index (χ1n) is 8.36. The number of allylic oxidation sites excluding steroid dienone is 2. The summed E-state index contributed by atoms with van der Waals surface area (Å²) in [6.07, 6.45) is 23.8. The molecule has 19 heavy (non-hydrogen) atoms. The van der Waals surface area contributed by atoms with Gasteiger partial charge in [-0.2, -0.15) is 6.42 Å². The number of rotatable bonds is 14. The van der Waals surface area contributed by atoms with Gasteiger partial charge < -0.3 is 6.92 Å². The fourth-order valence-corrected chi connectivity index (χ4v) is 2.25. The Balaban J connectivity index is 0. The van der Waals surface area contributed by atoms with Crippen molar-refractivity contribution in [3.63, 3.8) is 0 Å². The molecule has 0 amide bonds. The average Bonchev–Trinajstić information content (AvgIpc) is 2.39. The standard InChI is InChI=1S/C18H35.Co/c1-3-5-7-9-11-13-15-17-18-16-14-12-10-8-6-4-2;/h17-18H,1,3-16H2,2H3;/q-1;/b18-17-;. The van der Waals surface area contributed by atoms with E-state index in [2.05, 4.69) is 26.0 Å². The third-order valence-corrected chi connectivity index (χ3v) is 3.51. The van der Waals surface area contributed by atoms with Gasteiger partial charge in [0.05, 0.1) is 0 Å². The molecule has 0 saturated carbocycles. The summed E-state index contributed by atoms with van der Waals surface area (Å²) < 4.78 is 0. The van der Waals surface area contributed by atoms with Crippen molar-refractivity contribution < 1.29 is 16.8 Å². The Morgan fingerprint density at radius 1 is 0.632 bits per heavy atom. The minimum absolute atomic E-state index is 0. The van der Waals surface area contributed by atoms with E-state index in [9.17, 15) is 0 Å². The van der Waals surface area contributed by atoms with Crippen LogP contribution in [0.2, 0.25) is 0 Å². The van der Waals surface area contributed by atoms with Crippen LogP contribution in [0, 0.1) is 6.92 Å². The van der Waals surface area contributed by atoms with Gasteiger partial charge in [0.15, 0.2) is 0 Å². The van der Waals surface area contributed by atoms with Gasteiger partial charge in [-0.3, -0.25) is 0 Å². The summed E-state index contributed by atoms with van der Waals surface area (Å²) in [7, 11) is 0. The molecule has 0 aromatic heterocycles. The predicted molar refractivity (Wildman–Crippen MR) is 84.8 cm³/mol. The molecule has 0 aliphatic rings. The first-order chi connectivity index (χ1) is 8.91. The zero-order chi connectivity index (χ0) is 13.3. The molecule has 0 atom stereocenters. The predicted octanol–water partition coefficient (Wildman–Crippen LogP) is 6.86. The average molecular weight is 310 g/mol. The second kappa shape index (κ2) is 20.6. The summed E-state index contributed by atoms with van der Waals surface area (Å²) >= 11 is 0. The van der Waals surface area contributed by atoms with Gasteiger partial charge in [0, 0.05) is 16.8 Å². The number of hydrogen-bond acceptors (Lipinski definition) is 0. The monoisotopic (exact) mass is 310 g/mol. The third-order valence-electron chi connectivity index (χ3n) is 3.51. The molecule has 0 N–H and O–H groups in total. The van der Waals surface area contributed by atoms with E-state index in [4.69, 9.17) is 0 Å². The van der Waals surface area contributed by atoms with E-state index in [0.717, 1.165) is 6.42 Å². The summed E-state index contributed by atoms with van der Waals surface area (Å²) in [5.74, 6) is 0. The maximum Gasteiger partial charge on any atom is 0 e. The van der Waals surface area contributed by atoms with Crippen LogP contribution in [0.4, 0.5) is 0 Å². The van der Waals surface area contributed by atoms with Crippen LogP contribution in [-0.4, -0.2) is 0 Å². The molecule has 0 aromatic rings. The molecule has 0 bridgehead atoms. The topological polar surface area (TPSA) is 0 Å². The Bertz CT molecular complexity index is 145. The summed E-state index contributed by atoms with van der Waals surface area (Å²) in [6.45, 7) is 6.15. The van der Waals surface area contributed by atoms with Crippen LogP contribution >= 0.6 is 0 Å². The van der Waals surface area contributed by atoms with Crippen molar-refractivity contribution in [3.8, 4) is 0 Å². The maximum absolute atomic E-state index is 3.87. The minimum Gasteiger partial charge on any atom is -0.343 e. The minimum atomic E-state index is 0. The van der Waals surface area contributed by atoms with E-state index in [1.54, 1.807) is 0 Å². The Morgan fingerprint density at radius 2 is 1.05 bits per heavy atom. The van der Waals surface area contributed by atoms with Crippen LogP contribution in [0.25, 0.3) is 0 Å². The molecule has 0 nitrogen and oxygen atoms in total. The van der Waals surface area contributed by atoms with E-state index in [1.165, 1.54) is 83.5 Å². The van der Waals surface area contributed by atoms with Gasteiger partial charge in [0.25, 0.3) is 0 Å². The number of hydrogen-bond donors (Lipinski definition) is 0. The van der Waals surface area contributed by atoms with Gasteiger partial charge in [-0.25, -0.2) is 0 Å². The summed E-state index contributed by atoms with van der Waals surface area (Å²) in [5.41, 5.74) is 0. The Morgan fingerprint density at radius 3 is 1.53 bits per heavy atom. The van der Waals surface area contributed by atoms with Crippen LogP contribution in [0.3, 0.4) is 0 Å². The molecule has 1 heteroatoms. The third kappa shape index (κ3) is 20.7. The van der Waals surface area contributed by atoms with Crippen molar-refractivity contribution in [3.05, 3.63) is 19.1 Å². The van der Waals surface area contributed by atoms with Gasteiger partial charge in [0.2, 0.25) is 0 Å². The first kappa shape index (κ1) is 21.5. The molecule has 0 aliphatic carbocycles. The normalized spacial score (nSPS) is 10.8. The van der Waals surface area contributed by atoms with E-state index in [1.807, 2.05) is 0 Å². The Hall–Kier alpha value is 0.246. The van der Waals surface area contributed by atoms with Crippen molar-refractivity contribution >= 4 is 0 Å². The molecule has 0 saturated heterocycles. The van der Waals surface area contributed by atoms with Gasteiger partial charge in [0.1, 0.15) is 0 Å². The molecule has 0 heterocycles. The molecular weight excluding hydrogens is 275 g/mol. The van der Waals surface area contributed by atoms with E-state index in [-0.39, 0.29) is 16.8 Å². The Labute approximate surface area is 133 Å². The van der Waals surface area contributed by atoms with Gasteiger partial charge >= 0.3 is 0 Å². The summed E-state index contributed by atoms with van der Waals surface area (Å²) in [6, 6.07) is 0. The summed E-state index contributed by atoms with van der Waals surface area (Å²) in [4.78, 5) is 0. The molecule has 0 rings (SSSR count). The summed E-state index contributed by atoms with van der Waals surface area (Å²) in [5, 5.41) is 0. The van der Waals surface area contributed by atoms with Crippen LogP contribution in [0.15, 0.2) is 12.2 Å². The van der Waals surface area contributed by atoms with Crippen LogP contribution in [0.5, 0.6) is 0 Å². The van der Waals surface area contributed by atoms with Crippen molar-refractivity contribution in [2.45, 2.75) is 96.8 Å². The molecular formula is C18H35Co-. The van der Waals surface area contributed by atoms with Crippen LogP contribution < -0.4 is 0 Å². The maximum atomic E-state index is 3.87. The van der Waals surface area contributed by atoms with Gasteiger partial charge in [-0.1, -0.05) is 76.9 Å². The molecule has 0 aliphatic heterocycles. The molecule has 0 fully saturated rings. The van der Waals surface area contributed by atoms with E-state index < -0.39 is 0 Å². The SMILES string of the molecule is [CH2-]CCCCCCC/C=C\CCCCCCCC.[Co]. The van der Waals surface area contributed by atoms with Gasteiger partial charge in [-0.05, 0) is 25.7 Å². The molecule has 0 spiro atoms. The van der Waals surface area contributed by atoms with Crippen molar-refractivity contribution in [2.75, 3.05) is 0 Å². The fourth-order valence-electron chi connectivity index (χ4n) is 2.25. The fraction of sp³-hybridized carbons (Fsp3) is 0.833. The zero-order valence-corrected chi connectivity index (χ0v) is 14.1. The number of unbranched alkanes of at least 4 members (excludes halogenated alkanes) is 12.